The van der Waals surface area contributed by atoms with Gasteiger partial charge in [-0.25, -0.2) is 0 Å². The molecule has 1 atom stereocenters. The van der Waals surface area contributed by atoms with Crippen molar-refractivity contribution in [1.82, 2.24) is 4.90 Å². The van der Waals surface area contributed by atoms with Crippen LogP contribution in [0, 0.1) is 5.92 Å². The average Bonchev–Trinajstić information content (AvgIpc) is 2.39. The smallest absolute Gasteiger partial charge is 0.253 e. The van der Waals surface area contributed by atoms with Crippen LogP contribution >= 0.6 is 15.9 Å². The van der Waals surface area contributed by atoms with Gasteiger partial charge in [-0.3, -0.25) is 4.79 Å². The molecule has 1 saturated heterocycles. The number of halogens is 1. The Bertz CT molecular complexity index is 408. The minimum atomic E-state index is 0.130. The summed E-state index contributed by atoms with van der Waals surface area (Å²) in [5.74, 6) is 0.685. The second-order valence-electron chi connectivity index (χ2n) is 5.00. The predicted molar refractivity (Wildman–Crippen MR) is 76.4 cm³/mol. The van der Waals surface area contributed by atoms with Gasteiger partial charge in [0, 0.05) is 29.2 Å². The monoisotopic (exact) mass is 310 g/mol. The van der Waals surface area contributed by atoms with Crippen LogP contribution in [-0.2, 0) is 0 Å². The van der Waals surface area contributed by atoms with E-state index >= 15 is 0 Å². The first-order valence-electron chi connectivity index (χ1n) is 6.38. The number of piperidine rings is 1. The molecule has 4 heteroatoms. The molecule has 0 saturated carbocycles. The fourth-order valence-electron chi connectivity index (χ4n) is 2.40. The number of benzene rings is 1. The minimum absolute atomic E-state index is 0.130. The van der Waals surface area contributed by atoms with Gasteiger partial charge < -0.3 is 10.6 Å². The fourth-order valence-corrected chi connectivity index (χ4v) is 2.67. The molecule has 2 N–H and O–H groups in total. The van der Waals surface area contributed by atoms with Gasteiger partial charge in [-0.1, -0.05) is 15.9 Å². The van der Waals surface area contributed by atoms with Crippen LogP contribution in [0.1, 0.15) is 30.1 Å². The van der Waals surface area contributed by atoms with Gasteiger partial charge in [-0.2, -0.15) is 0 Å². The lowest BCUT2D eigenvalue weighted by Gasteiger charge is -2.33. The maximum Gasteiger partial charge on any atom is 0.253 e. The first-order valence-corrected chi connectivity index (χ1v) is 7.17. The molecule has 1 aliphatic heterocycles. The Balaban J connectivity index is 1.97. The van der Waals surface area contributed by atoms with Crippen LogP contribution in [0.4, 0.5) is 0 Å². The molecule has 1 aromatic carbocycles. The van der Waals surface area contributed by atoms with E-state index in [0.29, 0.717) is 5.92 Å². The Kier molecular flexibility index (Phi) is 4.40. The van der Waals surface area contributed by atoms with Crippen LogP contribution in [0.2, 0.25) is 0 Å². The molecule has 0 radical (unpaired) electrons. The van der Waals surface area contributed by atoms with Crippen LogP contribution in [-0.4, -0.2) is 29.9 Å². The van der Waals surface area contributed by atoms with Crippen molar-refractivity contribution >= 4 is 21.8 Å². The molecular weight excluding hydrogens is 292 g/mol. The number of amides is 1. The highest BCUT2D eigenvalue weighted by Gasteiger charge is 2.25. The summed E-state index contributed by atoms with van der Waals surface area (Å²) in [7, 11) is 0. The Labute approximate surface area is 116 Å². The van der Waals surface area contributed by atoms with Gasteiger partial charge >= 0.3 is 0 Å². The average molecular weight is 311 g/mol. The molecule has 0 spiro atoms. The van der Waals surface area contributed by atoms with Crippen LogP contribution in [0.25, 0.3) is 0 Å². The van der Waals surface area contributed by atoms with Crippen molar-refractivity contribution in [3.05, 3.63) is 34.3 Å². The largest absolute Gasteiger partial charge is 0.339 e. The van der Waals surface area contributed by atoms with E-state index in [-0.39, 0.29) is 11.9 Å². The van der Waals surface area contributed by atoms with Crippen molar-refractivity contribution in [2.45, 2.75) is 25.8 Å². The molecule has 1 amide bonds. The van der Waals surface area contributed by atoms with Crippen molar-refractivity contribution in [2.75, 3.05) is 13.1 Å². The summed E-state index contributed by atoms with van der Waals surface area (Å²) in [5, 5.41) is 0. The second kappa shape index (κ2) is 5.85. The molecule has 1 aliphatic rings. The van der Waals surface area contributed by atoms with E-state index in [1.54, 1.807) is 0 Å². The molecule has 0 bridgehead atoms. The third kappa shape index (κ3) is 3.12. The zero-order valence-corrected chi connectivity index (χ0v) is 12.2. The number of nitrogens with zero attached hydrogens (tertiary/aromatic N) is 1. The quantitative estimate of drug-likeness (QED) is 0.913. The maximum absolute atomic E-state index is 12.3. The third-order valence-corrected chi connectivity index (χ3v) is 4.19. The highest BCUT2D eigenvalue weighted by atomic mass is 79.9. The van der Waals surface area contributed by atoms with Crippen LogP contribution < -0.4 is 5.73 Å². The number of carbonyl (C=O) groups excluding carboxylic acids is 1. The van der Waals surface area contributed by atoms with Gasteiger partial charge in [0.15, 0.2) is 0 Å². The Morgan fingerprint density at radius 2 is 1.89 bits per heavy atom. The summed E-state index contributed by atoms with van der Waals surface area (Å²) in [6.45, 7) is 3.69. The first-order chi connectivity index (χ1) is 8.58. The van der Waals surface area contributed by atoms with E-state index in [9.17, 15) is 4.79 Å². The number of hydrogen-bond donors (Lipinski definition) is 1. The standard InChI is InChI=1S/C14H19BrN2O/c1-10(16)11-6-8-17(9-7-11)14(18)12-2-4-13(15)5-3-12/h2-5,10-11H,6-9,16H2,1H3. The first kappa shape index (κ1) is 13.6. The topological polar surface area (TPSA) is 46.3 Å². The lowest BCUT2D eigenvalue weighted by atomic mass is 9.90. The third-order valence-electron chi connectivity index (χ3n) is 3.66. The highest BCUT2D eigenvalue weighted by molar-refractivity contribution is 9.10. The van der Waals surface area contributed by atoms with Crippen molar-refractivity contribution in [3.63, 3.8) is 0 Å². The molecule has 1 aromatic rings. The van der Waals surface area contributed by atoms with Gasteiger partial charge in [0.2, 0.25) is 0 Å². The molecule has 2 rings (SSSR count). The summed E-state index contributed by atoms with van der Waals surface area (Å²) in [6, 6.07) is 7.77. The van der Waals surface area contributed by atoms with Crippen molar-refractivity contribution in [1.29, 1.82) is 0 Å². The molecule has 3 nitrogen and oxygen atoms in total. The number of hydrogen-bond acceptors (Lipinski definition) is 2. The van der Waals surface area contributed by atoms with Gasteiger partial charge in [0.1, 0.15) is 0 Å². The SMILES string of the molecule is CC(N)C1CCN(C(=O)c2ccc(Br)cc2)CC1. The molecular formula is C14H19BrN2O. The number of carbonyl (C=O) groups is 1. The van der Waals surface area contributed by atoms with Gasteiger partial charge in [0.05, 0.1) is 0 Å². The Morgan fingerprint density at radius 1 is 1.33 bits per heavy atom. The van der Waals surface area contributed by atoms with Crippen molar-refractivity contribution < 1.29 is 4.79 Å². The summed E-state index contributed by atoms with van der Waals surface area (Å²) < 4.78 is 0.995. The molecule has 0 aliphatic carbocycles. The Hall–Kier alpha value is -0.870. The van der Waals surface area contributed by atoms with Gasteiger partial charge in [-0.15, -0.1) is 0 Å². The number of likely N-dealkylation sites (tertiary alicyclic amines) is 1. The van der Waals surface area contributed by atoms with Crippen LogP contribution in [0.5, 0.6) is 0 Å². The van der Waals surface area contributed by atoms with Crippen LogP contribution in [0.3, 0.4) is 0 Å². The lowest BCUT2D eigenvalue weighted by molar-refractivity contribution is 0.0681. The van der Waals surface area contributed by atoms with E-state index in [1.807, 2.05) is 29.2 Å². The van der Waals surface area contributed by atoms with E-state index in [4.69, 9.17) is 5.73 Å². The molecule has 98 valence electrons. The number of rotatable bonds is 2. The normalized spacial score (nSPS) is 18.7. The summed E-state index contributed by atoms with van der Waals surface area (Å²) in [6.07, 6.45) is 2.03. The fraction of sp³-hybridized carbons (Fsp3) is 0.500. The van der Waals surface area contributed by atoms with E-state index < -0.39 is 0 Å². The Morgan fingerprint density at radius 3 is 2.39 bits per heavy atom. The van der Waals surface area contributed by atoms with Crippen molar-refractivity contribution in [3.8, 4) is 0 Å². The minimum Gasteiger partial charge on any atom is -0.339 e. The van der Waals surface area contributed by atoms with Crippen LogP contribution in [0.15, 0.2) is 28.7 Å². The summed E-state index contributed by atoms with van der Waals surface area (Å²) >= 11 is 3.38. The zero-order chi connectivity index (χ0) is 13.1. The van der Waals surface area contributed by atoms with Crippen molar-refractivity contribution in [2.24, 2.45) is 11.7 Å². The maximum atomic E-state index is 12.3. The van der Waals surface area contributed by atoms with Gasteiger partial charge in [0.25, 0.3) is 5.91 Å². The number of nitrogens with two attached hydrogens (primary N) is 1. The molecule has 18 heavy (non-hydrogen) atoms. The predicted octanol–water partition coefficient (Wildman–Crippen LogP) is 2.65. The highest BCUT2D eigenvalue weighted by Crippen LogP contribution is 2.21. The summed E-state index contributed by atoms with van der Waals surface area (Å²) in [5.41, 5.74) is 6.67. The van der Waals surface area contributed by atoms with E-state index in [2.05, 4.69) is 22.9 Å². The molecule has 0 aromatic heterocycles. The molecule has 1 unspecified atom stereocenters. The molecule has 1 fully saturated rings. The molecule has 1 heterocycles. The van der Waals surface area contributed by atoms with E-state index in [0.717, 1.165) is 36.0 Å². The summed E-state index contributed by atoms with van der Waals surface area (Å²) in [4.78, 5) is 14.2. The lowest BCUT2D eigenvalue weighted by Crippen LogP contribution is -2.42. The second-order valence-corrected chi connectivity index (χ2v) is 5.91. The zero-order valence-electron chi connectivity index (χ0n) is 10.6. The van der Waals surface area contributed by atoms with Gasteiger partial charge in [-0.05, 0) is 49.9 Å². The van der Waals surface area contributed by atoms with E-state index in [1.165, 1.54) is 0 Å².